The lowest BCUT2D eigenvalue weighted by Gasteiger charge is -2.08. The number of thiol groups is 2. The molecule has 2 unspecified atom stereocenters. The predicted octanol–water partition coefficient (Wildman–Crippen LogP) is 1.86. The maximum Gasteiger partial charge on any atom is 0.304 e. The number of rotatable bonds is 5. The molecule has 0 amide bonds. The largest absolute Gasteiger partial charge is 0.481 e. The van der Waals surface area contributed by atoms with Gasteiger partial charge in [0.15, 0.2) is 0 Å². The molecule has 4 heteroatoms. The van der Waals surface area contributed by atoms with Crippen LogP contribution < -0.4 is 0 Å². The first-order valence-electron chi connectivity index (χ1n) is 3.60. The molecule has 0 fully saturated rings. The van der Waals surface area contributed by atoms with Crippen molar-refractivity contribution in [1.29, 1.82) is 0 Å². The monoisotopic (exact) mass is 194 g/mol. The van der Waals surface area contributed by atoms with Crippen LogP contribution in [-0.4, -0.2) is 21.6 Å². The van der Waals surface area contributed by atoms with E-state index in [2.05, 4.69) is 25.3 Å². The van der Waals surface area contributed by atoms with Crippen molar-refractivity contribution in [2.24, 2.45) is 0 Å². The van der Waals surface area contributed by atoms with E-state index >= 15 is 0 Å². The molecule has 2 atom stereocenters. The van der Waals surface area contributed by atoms with E-state index in [0.717, 1.165) is 12.8 Å². The van der Waals surface area contributed by atoms with Gasteiger partial charge < -0.3 is 5.11 Å². The van der Waals surface area contributed by atoms with E-state index in [1.54, 1.807) is 0 Å². The van der Waals surface area contributed by atoms with Gasteiger partial charge in [-0.15, -0.1) is 0 Å². The van der Waals surface area contributed by atoms with Crippen molar-refractivity contribution in [3.05, 3.63) is 0 Å². The molecular weight excluding hydrogens is 180 g/mol. The molecule has 0 aliphatic carbocycles. The maximum atomic E-state index is 10.2. The van der Waals surface area contributed by atoms with Crippen LogP contribution in [0.5, 0.6) is 0 Å². The highest BCUT2D eigenvalue weighted by molar-refractivity contribution is 7.81. The van der Waals surface area contributed by atoms with E-state index in [9.17, 15) is 4.79 Å². The third-order valence-corrected chi connectivity index (χ3v) is 2.03. The first-order chi connectivity index (χ1) is 5.02. The fourth-order valence-electron chi connectivity index (χ4n) is 0.737. The van der Waals surface area contributed by atoms with Crippen LogP contribution in [0.2, 0.25) is 0 Å². The van der Waals surface area contributed by atoms with Crippen molar-refractivity contribution in [1.82, 2.24) is 0 Å². The van der Waals surface area contributed by atoms with Gasteiger partial charge in [-0.2, -0.15) is 25.3 Å². The number of hydrogen-bond donors (Lipinski definition) is 3. The second-order valence-electron chi connectivity index (χ2n) is 2.68. The Morgan fingerprint density at radius 1 is 1.45 bits per heavy atom. The van der Waals surface area contributed by atoms with E-state index < -0.39 is 5.97 Å². The van der Waals surface area contributed by atoms with Gasteiger partial charge in [0.1, 0.15) is 0 Å². The van der Waals surface area contributed by atoms with Gasteiger partial charge in [-0.05, 0) is 18.1 Å². The van der Waals surface area contributed by atoms with Gasteiger partial charge in [-0.3, -0.25) is 4.79 Å². The normalized spacial score (nSPS) is 15.9. The van der Waals surface area contributed by atoms with Crippen LogP contribution in [0.15, 0.2) is 0 Å². The second kappa shape index (κ2) is 5.77. The molecule has 0 aromatic heterocycles. The highest BCUT2D eigenvalue weighted by atomic mass is 32.1. The highest BCUT2D eigenvalue weighted by Gasteiger charge is 2.08. The Bertz CT molecular complexity index is 126. The average Bonchev–Trinajstić information content (AvgIpc) is 1.82. The van der Waals surface area contributed by atoms with Crippen molar-refractivity contribution in [3.63, 3.8) is 0 Å². The smallest absolute Gasteiger partial charge is 0.304 e. The Kier molecular flexibility index (Phi) is 5.86. The number of hydrogen-bond acceptors (Lipinski definition) is 3. The van der Waals surface area contributed by atoms with E-state index in [1.165, 1.54) is 0 Å². The molecule has 0 rings (SSSR count). The summed E-state index contributed by atoms with van der Waals surface area (Å²) in [6, 6.07) is 0. The van der Waals surface area contributed by atoms with Gasteiger partial charge in [0, 0.05) is 5.25 Å². The lowest BCUT2D eigenvalue weighted by molar-refractivity contribution is -0.136. The molecule has 0 aliphatic heterocycles. The molecule has 0 heterocycles. The fraction of sp³-hybridized carbons (Fsp3) is 0.857. The van der Waals surface area contributed by atoms with Gasteiger partial charge in [-0.1, -0.05) is 6.92 Å². The van der Waals surface area contributed by atoms with Crippen molar-refractivity contribution in [3.8, 4) is 0 Å². The molecule has 66 valence electrons. The van der Waals surface area contributed by atoms with Crippen LogP contribution in [0.3, 0.4) is 0 Å². The summed E-state index contributed by atoms with van der Waals surface area (Å²) in [4.78, 5) is 10.2. The summed E-state index contributed by atoms with van der Waals surface area (Å²) in [7, 11) is 0. The Hall–Kier alpha value is 0.170. The number of aliphatic carboxylic acids is 1. The third kappa shape index (κ3) is 8.07. The summed E-state index contributed by atoms with van der Waals surface area (Å²) < 4.78 is 0. The van der Waals surface area contributed by atoms with Gasteiger partial charge >= 0.3 is 5.97 Å². The zero-order valence-corrected chi connectivity index (χ0v) is 8.31. The predicted molar refractivity (Wildman–Crippen MR) is 52.7 cm³/mol. The standard InChI is InChI=1S/C7H14O2S2/c1-5(10)2-3-6(11)4-7(8)9/h5-6,10-11H,2-4H2,1H3,(H,8,9). The first kappa shape index (κ1) is 11.2. The molecule has 0 saturated heterocycles. The zero-order chi connectivity index (χ0) is 8.85. The van der Waals surface area contributed by atoms with Crippen LogP contribution in [0, 0.1) is 0 Å². The zero-order valence-electron chi connectivity index (χ0n) is 6.53. The molecular formula is C7H14O2S2. The molecule has 0 aliphatic rings. The second-order valence-corrected chi connectivity index (χ2v) is 4.29. The summed E-state index contributed by atoms with van der Waals surface area (Å²) in [5, 5.41) is 8.69. The van der Waals surface area contributed by atoms with Gasteiger partial charge in [-0.25, -0.2) is 0 Å². The highest BCUT2D eigenvalue weighted by Crippen LogP contribution is 2.13. The van der Waals surface area contributed by atoms with Crippen LogP contribution in [0.1, 0.15) is 26.2 Å². The first-order valence-corrected chi connectivity index (χ1v) is 4.63. The van der Waals surface area contributed by atoms with Gasteiger partial charge in [0.05, 0.1) is 6.42 Å². The Labute approximate surface area is 78.2 Å². The number of carbonyl (C=O) groups is 1. The molecule has 0 aromatic carbocycles. The van der Waals surface area contributed by atoms with Crippen molar-refractivity contribution in [2.75, 3.05) is 0 Å². The van der Waals surface area contributed by atoms with Crippen molar-refractivity contribution in [2.45, 2.75) is 36.7 Å². The van der Waals surface area contributed by atoms with Crippen molar-refractivity contribution >= 4 is 31.2 Å². The summed E-state index contributed by atoms with van der Waals surface area (Å²) in [5.41, 5.74) is 0. The van der Waals surface area contributed by atoms with Crippen molar-refractivity contribution < 1.29 is 9.90 Å². The summed E-state index contributed by atoms with van der Waals surface area (Å²) in [5.74, 6) is -0.781. The Balaban J connectivity index is 3.37. The lowest BCUT2D eigenvalue weighted by Crippen LogP contribution is -2.08. The molecule has 0 bridgehead atoms. The van der Waals surface area contributed by atoms with E-state index in [4.69, 9.17) is 5.11 Å². The lowest BCUT2D eigenvalue weighted by atomic mass is 10.1. The minimum atomic E-state index is -0.781. The molecule has 1 N–H and O–H groups in total. The number of carboxylic acids is 1. The Morgan fingerprint density at radius 3 is 2.36 bits per heavy atom. The fourth-order valence-corrected chi connectivity index (χ4v) is 1.19. The summed E-state index contributed by atoms with van der Waals surface area (Å²) in [6.07, 6.45) is 1.88. The van der Waals surface area contributed by atoms with Crippen LogP contribution in [0.4, 0.5) is 0 Å². The summed E-state index contributed by atoms with van der Waals surface area (Å²) in [6.45, 7) is 1.99. The van der Waals surface area contributed by atoms with Crippen LogP contribution >= 0.6 is 25.3 Å². The van der Waals surface area contributed by atoms with Crippen LogP contribution in [0.25, 0.3) is 0 Å². The minimum absolute atomic E-state index is 0.0258. The molecule has 0 radical (unpaired) electrons. The third-order valence-electron chi connectivity index (χ3n) is 1.33. The summed E-state index contributed by atoms with van der Waals surface area (Å²) >= 11 is 8.31. The Morgan fingerprint density at radius 2 is 2.00 bits per heavy atom. The SMILES string of the molecule is CC(S)CCC(S)CC(=O)O. The average molecular weight is 194 g/mol. The van der Waals surface area contributed by atoms with Gasteiger partial charge in [0.25, 0.3) is 0 Å². The quantitative estimate of drug-likeness (QED) is 0.584. The topological polar surface area (TPSA) is 37.3 Å². The van der Waals surface area contributed by atoms with Gasteiger partial charge in [0.2, 0.25) is 0 Å². The van der Waals surface area contributed by atoms with Crippen LogP contribution in [-0.2, 0) is 4.79 Å². The van der Waals surface area contributed by atoms with E-state index in [1.807, 2.05) is 6.92 Å². The number of carboxylic acid groups (broad SMARTS) is 1. The molecule has 0 saturated carbocycles. The van der Waals surface area contributed by atoms with E-state index in [0.29, 0.717) is 5.25 Å². The molecule has 0 spiro atoms. The molecule has 2 nitrogen and oxygen atoms in total. The van der Waals surface area contributed by atoms with E-state index in [-0.39, 0.29) is 11.7 Å². The maximum absolute atomic E-state index is 10.2. The minimum Gasteiger partial charge on any atom is -0.481 e. The molecule has 11 heavy (non-hydrogen) atoms. The molecule has 0 aromatic rings.